The average Bonchev–Trinajstić information content (AvgIpc) is 3.15. The third-order valence-corrected chi connectivity index (χ3v) is 9.56. The van der Waals surface area contributed by atoms with E-state index in [0.29, 0.717) is 11.8 Å². The first kappa shape index (κ1) is 35.0. The summed E-state index contributed by atoms with van der Waals surface area (Å²) in [6.45, 7) is 10.6. The van der Waals surface area contributed by atoms with Crippen molar-refractivity contribution in [2.75, 3.05) is 13.2 Å². The summed E-state index contributed by atoms with van der Waals surface area (Å²) in [5.74, 6) is 3.06. The second-order valence-corrected chi connectivity index (χ2v) is 13.0. The summed E-state index contributed by atoms with van der Waals surface area (Å²) >= 11 is 0. The number of aromatic nitrogens is 1. The molecule has 0 saturated heterocycles. The number of ether oxygens (including phenoxy) is 2. The molecule has 5 aromatic rings. The molecule has 0 amide bonds. The Labute approximate surface area is 289 Å². The fourth-order valence-corrected chi connectivity index (χ4v) is 6.40. The van der Waals surface area contributed by atoms with Crippen LogP contribution < -0.4 is 9.47 Å². The highest BCUT2D eigenvalue weighted by Gasteiger charge is 2.16. The van der Waals surface area contributed by atoms with Crippen molar-refractivity contribution in [2.45, 2.75) is 79.1 Å². The second-order valence-electron chi connectivity index (χ2n) is 13.0. The third-order valence-electron chi connectivity index (χ3n) is 9.56. The van der Waals surface area contributed by atoms with Crippen molar-refractivity contribution in [3.8, 4) is 56.1 Å². The predicted octanol–water partition coefficient (Wildman–Crippen LogP) is 12.9. The molecule has 5 rings (SSSR count). The zero-order valence-corrected chi connectivity index (χ0v) is 29.5. The summed E-state index contributed by atoms with van der Waals surface area (Å²) in [7, 11) is 0. The number of unbranched alkanes of at least 4 members (excludes halogenated alkanes) is 2. The summed E-state index contributed by atoms with van der Waals surface area (Å²) in [6.07, 6.45) is 11.6. The SMILES string of the molecule is CCCCC(CC)COc1ccc(-c2cccc(-c3ccc(OCC(CC)CCCC)cc3)c2-c2cccc(-c3ccccn3)c2)cc1. The highest BCUT2D eigenvalue weighted by atomic mass is 16.5. The molecule has 0 aliphatic carbocycles. The molecule has 0 saturated carbocycles. The van der Waals surface area contributed by atoms with E-state index in [4.69, 9.17) is 9.47 Å². The first-order valence-electron chi connectivity index (χ1n) is 18.2. The van der Waals surface area contributed by atoms with E-state index < -0.39 is 0 Å². The lowest BCUT2D eigenvalue weighted by Gasteiger charge is -2.19. The van der Waals surface area contributed by atoms with Crippen LogP contribution in [0.25, 0.3) is 44.6 Å². The zero-order chi connectivity index (χ0) is 33.6. The van der Waals surface area contributed by atoms with Crippen LogP contribution in [0.4, 0.5) is 0 Å². The van der Waals surface area contributed by atoms with Crippen molar-refractivity contribution in [1.82, 2.24) is 4.98 Å². The topological polar surface area (TPSA) is 31.4 Å². The Hall–Kier alpha value is -4.37. The highest BCUT2D eigenvalue weighted by Crippen LogP contribution is 2.42. The molecule has 0 fully saturated rings. The highest BCUT2D eigenvalue weighted by molar-refractivity contribution is 5.95. The van der Waals surface area contributed by atoms with E-state index in [9.17, 15) is 0 Å². The Bertz CT molecular complexity index is 1580. The number of rotatable bonds is 18. The fraction of sp³-hybridized carbons (Fsp3) is 0.356. The molecule has 0 aliphatic rings. The van der Waals surface area contributed by atoms with Gasteiger partial charge in [0.2, 0.25) is 0 Å². The van der Waals surface area contributed by atoms with Gasteiger partial charge in [-0.25, -0.2) is 0 Å². The van der Waals surface area contributed by atoms with E-state index in [0.717, 1.165) is 65.5 Å². The van der Waals surface area contributed by atoms with E-state index >= 15 is 0 Å². The van der Waals surface area contributed by atoms with Gasteiger partial charge in [-0.2, -0.15) is 0 Å². The van der Waals surface area contributed by atoms with E-state index in [1.807, 2.05) is 18.3 Å². The van der Waals surface area contributed by atoms with Crippen molar-refractivity contribution < 1.29 is 9.47 Å². The smallest absolute Gasteiger partial charge is 0.119 e. The van der Waals surface area contributed by atoms with Crippen molar-refractivity contribution in [3.05, 3.63) is 115 Å². The normalized spacial score (nSPS) is 12.4. The van der Waals surface area contributed by atoms with Crippen LogP contribution in [0.1, 0.15) is 79.1 Å². The molecule has 0 bridgehead atoms. The maximum absolute atomic E-state index is 6.27. The van der Waals surface area contributed by atoms with Crippen molar-refractivity contribution in [2.24, 2.45) is 11.8 Å². The molecule has 2 unspecified atom stereocenters. The minimum absolute atomic E-state index is 0.602. The van der Waals surface area contributed by atoms with Crippen LogP contribution in [-0.4, -0.2) is 18.2 Å². The monoisotopic (exact) mass is 639 g/mol. The van der Waals surface area contributed by atoms with E-state index in [1.54, 1.807) is 0 Å². The molecule has 1 heterocycles. The molecule has 0 N–H and O–H groups in total. The van der Waals surface area contributed by atoms with Crippen LogP contribution in [0.3, 0.4) is 0 Å². The Morgan fingerprint density at radius 3 is 1.52 bits per heavy atom. The van der Waals surface area contributed by atoms with Gasteiger partial charge in [-0.15, -0.1) is 0 Å². The Morgan fingerprint density at radius 1 is 0.521 bits per heavy atom. The molecular weight excluding hydrogens is 587 g/mol. The van der Waals surface area contributed by atoms with Crippen LogP contribution in [0.2, 0.25) is 0 Å². The molecule has 4 aromatic carbocycles. The summed E-state index contributed by atoms with van der Waals surface area (Å²) in [6, 6.07) is 38.8. The molecule has 48 heavy (non-hydrogen) atoms. The molecule has 1 aromatic heterocycles. The third kappa shape index (κ3) is 9.37. The largest absolute Gasteiger partial charge is 0.493 e. The Kier molecular flexibility index (Phi) is 13.3. The number of benzene rings is 4. The standard InChI is InChI=1S/C45H53NO2/c1-5-9-15-34(7-3)32-47-40-26-22-36(23-27-40)42-19-14-20-43(37-24-28-41(29-25-37)48-33-35(8-4)16-10-6-2)45(42)39-18-13-17-38(31-39)44-21-11-12-30-46-44/h11-14,17-31,34-35H,5-10,15-16,32-33H2,1-4H3. The van der Waals surface area contributed by atoms with Crippen LogP contribution in [0.15, 0.2) is 115 Å². The minimum Gasteiger partial charge on any atom is -0.493 e. The fourth-order valence-electron chi connectivity index (χ4n) is 6.40. The lowest BCUT2D eigenvalue weighted by atomic mass is 9.87. The van der Waals surface area contributed by atoms with Crippen LogP contribution >= 0.6 is 0 Å². The molecule has 250 valence electrons. The van der Waals surface area contributed by atoms with Gasteiger partial charge in [-0.1, -0.05) is 133 Å². The first-order valence-corrected chi connectivity index (χ1v) is 18.2. The predicted molar refractivity (Wildman–Crippen MR) is 204 cm³/mol. The quantitative estimate of drug-likeness (QED) is 0.0956. The van der Waals surface area contributed by atoms with Gasteiger partial charge in [0.15, 0.2) is 0 Å². The van der Waals surface area contributed by atoms with Crippen molar-refractivity contribution in [1.29, 1.82) is 0 Å². The molecule has 0 aliphatic heterocycles. The minimum atomic E-state index is 0.602. The average molecular weight is 640 g/mol. The molecule has 0 spiro atoms. The maximum Gasteiger partial charge on any atom is 0.119 e. The second kappa shape index (κ2) is 18.2. The first-order chi connectivity index (χ1) is 23.6. The molecular formula is C45H53NO2. The van der Waals surface area contributed by atoms with Gasteiger partial charge < -0.3 is 9.47 Å². The summed E-state index contributed by atoms with van der Waals surface area (Å²) in [5.41, 5.74) is 9.14. The van der Waals surface area contributed by atoms with Crippen molar-refractivity contribution in [3.63, 3.8) is 0 Å². The summed E-state index contributed by atoms with van der Waals surface area (Å²) < 4.78 is 12.5. The van der Waals surface area contributed by atoms with E-state index in [-0.39, 0.29) is 0 Å². The lowest BCUT2D eigenvalue weighted by Crippen LogP contribution is -2.11. The Balaban J connectivity index is 1.48. The lowest BCUT2D eigenvalue weighted by molar-refractivity contribution is 0.233. The van der Waals surface area contributed by atoms with E-state index in [1.165, 1.54) is 55.2 Å². The van der Waals surface area contributed by atoms with Gasteiger partial charge >= 0.3 is 0 Å². The summed E-state index contributed by atoms with van der Waals surface area (Å²) in [4.78, 5) is 4.64. The van der Waals surface area contributed by atoms with Gasteiger partial charge in [0.05, 0.1) is 18.9 Å². The molecule has 3 nitrogen and oxygen atoms in total. The molecule has 0 radical (unpaired) electrons. The van der Waals surface area contributed by atoms with Gasteiger partial charge in [0.25, 0.3) is 0 Å². The number of nitrogens with zero attached hydrogens (tertiary/aromatic N) is 1. The maximum atomic E-state index is 6.27. The summed E-state index contributed by atoms with van der Waals surface area (Å²) in [5, 5.41) is 0. The van der Waals surface area contributed by atoms with E-state index in [2.05, 4.69) is 130 Å². The van der Waals surface area contributed by atoms with Crippen LogP contribution in [-0.2, 0) is 0 Å². The zero-order valence-electron chi connectivity index (χ0n) is 29.5. The van der Waals surface area contributed by atoms with Crippen LogP contribution in [0.5, 0.6) is 11.5 Å². The van der Waals surface area contributed by atoms with Gasteiger partial charge in [0.1, 0.15) is 11.5 Å². The molecule has 2 atom stereocenters. The van der Waals surface area contributed by atoms with Crippen LogP contribution in [0, 0.1) is 11.8 Å². The van der Waals surface area contributed by atoms with Gasteiger partial charge in [-0.3, -0.25) is 4.98 Å². The van der Waals surface area contributed by atoms with Crippen molar-refractivity contribution >= 4 is 0 Å². The van der Waals surface area contributed by atoms with Gasteiger partial charge in [0, 0.05) is 11.8 Å². The number of pyridine rings is 1. The molecule has 3 heteroatoms. The number of hydrogen-bond donors (Lipinski definition) is 0. The number of hydrogen-bond acceptors (Lipinski definition) is 3. The Morgan fingerprint density at radius 2 is 1.04 bits per heavy atom. The van der Waals surface area contributed by atoms with Gasteiger partial charge in [-0.05, 0) is 101 Å².